The zero-order valence-corrected chi connectivity index (χ0v) is 14.9. The molecule has 1 saturated heterocycles. The largest absolute Gasteiger partial charge is 0.341 e. The number of fused-ring (bicyclic) bond motifs is 1. The van der Waals surface area contributed by atoms with Gasteiger partial charge in [0, 0.05) is 20.1 Å². The smallest absolute Gasteiger partial charge is 0.229 e. The van der Waals surface area contributed by atoms with E-state index in [1.807, 2.05) is 42.3 Å². The first-order valence-electron chi connectivity index (χ1n) is 8.99. The number of carbonyl (C=O) groups excluding carboxylic acids is 1. The average Bonchev–Trinajstić information content (AvgIpc) is 3.18. The molecule has 4 nitrogen and oxygen atoms in total. The summed E-state index contributed by atoms with van der Waals surface area (Å²) < 4.78 is 0. The van der Waals surface area contributed by atoms with Crippen LogP contribution in [-0.2, 0) is 11.3 Å². The first-order valence-corrected chi connectivity index (χ1v) is 8.99. The summed E-state index contributed by atoms with van der Waals surface area (Å²) in [5.41, 5.74) is 8.72. The number of hydrogen-bond acceptors (Lipinski definition) is 3. The van der Waals surface area contributed by atoms with Crippen LogP contribution in [0.4, 0.5) is 0 Å². The molecule has 1 aliphatic rings. The minimum absolute atomic E-state index is 0.00123. The van der Waals surface area contributed by atoms with Gasteiger partial charge >= 0.3 is 0 Å². The number of carbonyl (C=O) groups is 1. The number of rotatable bonds is 4. The van der Waals surface area contributed by atoms with Crippen LogP contribution in [0.3, 0.4) is 0 Å². The fourth-order valence-electron chi connectivity index (χ4n) is 3.75. The Morgan fingerprint density at radius 2 is 1.73 bits per heavy atom. The third kappa shape index (κ3) is 3.21. The van der Waals surface area contributed by atoms with Gasteiger partial charge in [-0.2, -0.15) is 0 Å². The molecule has 4 heteroatoms. The molecule has 0 aromatic heterocycles. The number of nitrogens with one attached hydrogen (secondary N) is 2. The van der Waals surface area contributed by atoms with Gasteiger partial charge in [-0.1, -0.05) is 72.8 Å². The van der Waals surface area contributed by atoms with E-state index in [0.29, 0.717) is 13.1 Å². The normalized spacial score (nSPS) is 19.6. The van der Waals surface area contributed by atoms with Gasteiger partial charge in [-0.3, -0.25) is 10.2 Å². The molecule has 1 fully saturated rings. The Balaban J connectivity index is 1.54. The van der Waals surface area contributed by atoms with Crippen molar-refractivity contribution in [2.75, 3.05) is 13.6 Å². The molecular formula is C22H23N3O. The third-order valence-corrected chi connectivity index (χ3v) is 5.12. The summed E-state index contributed by atoms with van der Waals surface area (Å²) in [6, 6.07) is 24.7. The minimum atomic E-state index is -0.114. The van der Waals surface area contributed by atoms with E-state index in [9.17, 15) is 4.79 Å². The second-order valence-electron chi connectivity index (χ2n) is 6.85. The number of hydrazine groups is 1. The van der Waals surface area contributed by atoms with Gasteiger partial charge in [-0.25, -0.2) is 5.43 Å². The highest BCUT2D eigenvalue weighted by molar-refractivity contribution is 5.86. The van der Waals surface area contributed by atoms with Crippen LogP contribution >= 0.6 is 0 Å². The fourth-order valence-corrected chi connectivity index (χ4v) is 3.75. The molecular weight excluding hydrogens is 322 g/mol. The van der Waals surface area contributed by atoms with Crippen molar-refractivity contribution in [2.24, 2.45) is 5.92 Å². The molecule has 0 spiro atoms. The van der Waals surface area contributed by atoms with E-state index in [4.69, 9.17) is 0 Å². The number of amides is 1. The lowest BCUT2D eigenvalue weighted by atomic mass is 9.93. The predicted octanol–water partition coefficient (Wildman–Crippen LogP) is 3.26. The first kappa shape index (κ1) is 16.8. The monoisotopic (exact) mass is 345 g/mol. The number of hydrogen-bond donors (Lipinski definition) is 2. The van der Waals surface area contributed by atoms with Gasteiger partial charge < -0.3 is 4.90 Å². The summed E-state index contributed by atoms with van der Waals surface area (Å²) in [5.74, 6) is 0.0432. The maximum Gasteiger partial charge on any atom is 0.229 e. The lowest BCUT2D eigenvalue weighted by molar-refractivity contribution is -0.134. The van der Waals surface area contributed by atoms with E-state index < -0.39 is 0 Å². The lowest BCUT2D eigenvalue weighted by Crippen LogP contribution is -2.36. The highest BCUT2D eigenvalue weighted by atomic mass is 16.2. The fraction of sp³-hybridized carbons (Fsp3) is 0.227. The molecule has 3 aromatic rings. The molecule has 0 aliphatic carbocycles. The molecule has 4 rings (SSSR count). The SMILES string of the molecule is CN(Cc1cccc2ccccc12)C(=O)C1CNNC1c1ccccc1. The van der Waals surface area contributed by atoms with Crippen molar-refractivity contribution >= 4 is 16.7 Å². The Kier molecular flexibility index (Phi) is 4.69. The zero-order chi connectivity index (χ0) is 17.9. The van der Waals surface area contributed by atoms with Gasteiger partial charge in [0.25, 0.3) is 0 Å². The topological polar surface area (TPSA) is 44.4 Å². The van der Waals surface area contributed by atoms with Crippen molar-refractivity contribution in [2.45, 2.75) is 12.6 Å². The Morgan fingerprint density at radius 1 is 1.00 bits per heavy atom. The first-order chi connectivity index (χ1) is 12.7. The van der Waals surface area contributed by atoms with Crippen LogP contribution in [0, 0.1) is 5.92 Å². The predicted molar refractivity (Wildman–Crippen MR) is 104 cm³/mol. The third-order valence-electron chi connectivity index (χ3n) is 5.12. The molecule has 0 bridgehead atoms. The van der Waals surface area contributed by atoms with Crippen LogP contribution in [-0.4, -0.2) is 24.4 Å². The average molecular weight is 345 g/mol. The van der Waals surface area contributed by atoms with E-state index in [2.05, 4.69) is 53.3 Å². The maximum atomic E-state index is 13.1. The van der Waals surface area contributed by atoms with Crippen LogP contribution in [0.15, 0.2) is 72.8 Å². The van der Waals surface area contributed by atoms with Crippen molar-refractivity contribution in [3.63, 3.8) is 0 Å². The summed E-state index contributed by atoms with van der Waals surface area (Å²) in [6.07, 6.45) is 0. The van der Waals surface area contributed by atoms with Crippen LogP contribution in [0.2, 0.25) is 0 Å². The summed E-state index contributed by atoms with van der Waals surface area (Å²) >= 11 is 0. The second kappa shape index (κ2) is 7.28. The van der Waals surface area contributed by atoms with Crippen LogP contribution in [0.1, 0.15) is 17.2 Å². The summed E-state index contributed by atoms with van der Waals surface area (Å²) in [6.45, 7) is 1.25. The van der Waals surface area contributed by atoms with Gasteiger partial charge in [0.15, 0.2) is 0 Å². The van der Waals surface area contributed by atoms with E-state index in [0.717, 1.165) is 5.56 Å². The standard InChI is InChI=1S/C22H23N3O/c1-25(15-18-12-7-11-16-8-5-6-13-19(16)18)22(26)20-14-23-24-21(20)17-9-3-2-4-10-17/h2-13,20-21,23-24H,14-15H2,1H3. The van der Waals surface area contributed by atoms with Gasteiger partial charge in [0.2, 0.25) is 5.91 Å². The maximum absolute atomic E-state index is 13.1. The van der Waals surface area contributed by atoms with Crippen LogP contribution in [0.5, 0.6) is 0 Å². The van der Waals surface area contributed by atoms with E-state index in [1.165, 1.54) is 16.3 Å². The molecule has 1 heterocycles. The quantitative estimate of drug-likeness (QED) is 0.763. The van der Waals surface area contributed by atoms with Crippen LogP contribution in [0.25, 0.3) is 10.8 Å². The second-order valence-corrected chi connectivity index (χ2v) is 6.85. The van der Waals surface area contributed by atoms with Gasteiger partial charge in [0.05, 0.1) is 12.0 Å². The molecule has 1 amide bonds. The molecule has 0 radical (unpaired) electrons. The molecule has 1 aliphatic heterocycles. The van der Waals surface area contributed by atoms with E-state index in [-0.39, 0.29) is 17.9 Å². The number of benzene rings is 3. The number of nitrogens with zero attached hydrogens (tertiary/aromatic N) is 1. The van der Waals surface area contributed by atoms with Gasteiger partial charge in [-0.15, -0.1) is 0 Å². The Morgan fingerprint density at radius 3 is 2.58 bits per heavy atom. The Bertz CT molecular complexity index is 904. The Hall–Kier alpha value is -2.69. The zero-order valence-electron chi connectivity index (χ0n) is 14.9. The Labute approximate surface area is 153 Å². The molecule has 2 N–H and O–H groups in total. The highest BCUT2D eigenvalue weighted by Gasteiger charge is 2.35. The molecule has 0 saturated carbocycles. The summed E-state index contributed by atoms with van der Waals surface area (Å²) in [5, 5.41) is 2.41. The molecule has 26 heavy (non-hydrogen) atoms. The van der Waals surface area contributed by atoms with Gasteiger partial charge in [0.1, 0.15) is 0 Å². The van der Waals surface area contributed by atoms with E-state index >= 15 is 0 Å². The molecule has 2 unspecified atom stereocenters. The molecule has 132 valence electrons. The summed E-state index contributed by atoms with van der Waals surface area (Å²) in [4.78, 5) is 15.0. The van der Waals surface area contributed by atoms with Crippen molar-refractivity contribution in [1.29, 1.82) is 0 Å². The van der Waals surface area contributed by atoms with Crippen LogP contribution < -0.4 is 10.9 Å². The molecule has 2 atom stereocenters. The van der Waals surface area contributed by atoms with E-state index in [1.54, 1.807) is 0 Å². The molecule has 3 aromatic carbocycles. The summed E-state index contributed by atoms with van der Waals surface area (Å²) in [7, 11) is 1.89. The van der Waals surface area contributed by atoms with Crippen molar-refractivity contribution < 1.29 is 4.79 Å². The van der Waals surface area contributed by atoms with Crippen molar-refractivity contribution in [1.82, 2.24) is 15.8 Å². The highest BCUT2D eigenvalue weighted by Crippen LogP contribution is 2.27. The minimum Gasteiger partial charge on any atom is -0.341 e. The van der Waals surface area contributed by atoms with Gasteiger partial charge in [-0.05, 0) is 21.9 Å². The lowest BCUT2D eigenvalue weighted by Gasteiger charge is -2.25. The van der Waals surface area contributed by atoms with Crippen molar-refractivity contribution in [3.8, 4) is 0 Å². The van der Waals surface area contributed by atoms with Crippen molar-refractivity contribution in [3.05, 3.63) is 83.9 Å².